The first-order valence-electron chi connectivity index (χ1n) is 4.74. The van der Waals surface area contributed by atoms with Crippen LogP contribution in [-0.2, 0) is 6.42 Å². The molecule has 5 nitrogen and oxygen atoms in total. The zero-order valence-corrected chi connectivity index (χ0v) is 8.03. The highest BCUT2D eigenvalue weighted by Gasteiger charge is 2.02. The van der Waals surface area contributed by atoms with Crippen LogP contribution in [0.15, 0.2) is 17.1 Å². The van der Waals surface area contributed by atoms with Gasteiger partial charge in [0.15, 0.2) is 0 Å². The molecule has 14 heavy (non-hydrogen) atoms. The topological polar surface area (TPSA) is 63.1 Å². The molecule has 0 saturated heterocycles. The summed E-state index contributed by atoms with van der Waals surface area (Å²) >= 11 is 0. The molecule has 0 aliphatic heterocycles. The number of nitrogens with zero attached hydrogens (tertiary/aromatic N) is 3. The predicted octanol–water partition coefficient (Wildman–Crippen LogP) is 0.760. The maximum Gasteiger partial charge on any atom is 0.371 e. The second-order valence-corrected chi connectivity index (χ2v) is 3.20. The van der Waals surface area contributed by atoms with E-state index in [9.17, 15) is 4.79 Å². The van der Waals surface area contributed by atoms with E-state index in [0.29, 0.717) is 5.65 Å². The van der Waals surface area contributed by atoms with Gasteiger partial charge in [0.2, 0.25) is 0 Å². The van der Waals surface area contributed by atoms with E-state index >= 15 is 0 Å². The van der Waals surface area contributed by atoms with Gasteiger partial charge in [-0.2, -0.15) is 14.6 Å². The van der Waals surface area contributed by atoms with Crippen molar-refractivity contribution in [3.8, 4) is 0 Å². The van der Waals surface area contributed by atoms with Crippen molar-refractivity contribution in [3.05, 3.63) is 28.6 Å². The molecule has 2 aromatic heterocycles. The van der Waals surface area contributed by atoms with Gasteiger partial charge in [0.1, 0.15) is 11.5 Å². The molecule has 0 atom stereocenters. The Balaban J connectivity index is 2.43. The largest absolute Gasteiger partial charge is 0.371 e. The van der Waals surface area contributed by atoms with Gasteiger partial charge < -0.3 is 4.98 Å². The first-order chi connectivity index (χ1) is 6.81. The average molecular weight is 192 g/mol. The summed E-state index contributed by atoms with van der Waals surface area (Å²) < 4.78 is 1.26. The minimum absolute atomic E-state index is 0.310. The number of aromatic amines is 1. The lowest BCUT2D eigenvalue weighted by Gasteiger charge is -1.99. The second-order valence-electron chi connectivity index (χ2n) is 3.20. The van der Waals surface area contributed by atoms with Gasteiger partial charge >= 0.3 is 5.69 Å². The maximum absolute atomic E-state index is 11.4. The summed E-state index contributed by atoms with van der Waals surface area (Å²) in [5.74, 6) is 0.741. The molecule has 74 valence electrons. The lowest BCUT2D eigenvalue weighted by molar-refractivity contribution is 0.724. The van der Waals surface area contributed by atoms with E-state index in [0.717, 1.165) is 25.1 Å². The summed E-state index contributed by atoms with van der Waals surface area (Å²) in [7, 11) is 0. The second kappa shape index (κ2) is 3.61. The number of rotatable bonds is 3. The van der Waals surface area contributed by atoms with E-state index in [1.807, 2.05) is 0 Å². The van der Waals surface area contributed by atoms with Gasteiger partial charge in [-0.3, -0.25) is 0 Å². The Morgan fingerprint density at radius 3 is 3.21 bits per heavy atom. The number of fused-ring (bicyclic) bond motifs is 1. The zero-order chi connectivity index (χ0) is 9.97. The summed E-state index contributed by atoms with van der Waals surface area (Å²) in [5.41, 5.74) is 0.394. The van der Waals surface area contributed by atoms with Gasteiger partial charge in [-0.25, -0.2) is 4.79 Å². The quantitative estimate of drug-likeness (QED) is 0.780. The predicted molar refractivity (Wildman–Crippen MR) is 52.2 cm³/mol. The number of hydrogen-bond acceptors (Lipinski definition) is 3. The highest BCUT2D eigenvalue weighted by atomic mass is 16.1. The Bertz CT molecular complexity index is 485. The molecule has 1 N–H and O–H groups in total. The van der Waals surface area contributed by atoms with Crippen molar-refractivity contribution in [1.82, 2.24) is 19.6 Å². The summed E-state index contributed by atoms with van der Waals surface area (Å²) in [6.07, 6.45) is 4.52. The summed E-state index contributed by atoms with van der Waals surface area (Å²) in [5, 5.41) is 3.85. The minimum Gasteiger partial charge on any atom is -0.328 e. The molecule has 0 fully saturated rings. The van der Waals surface area contributed by atoms with E-state index in [4.69, 9.17) is 0 Å². The normalized spacial score (nSPS) is 10.9. The lowest BCUT2D eigenvalue weighted by atomic mass is 10.2. The fourth-order valence-corrected chi connectivity index (χ4v) is 1.35. The molecule has 0 aliphatic carbocycles. The first kappa shape index (κ1) is 8.93. The summed E-state index contributed by atoms with van der Waals surface area (Å²) in [4.78, 5) is 18.4. The average Bonchev–Trinajstić information content (AvgIpc) is 2.63. The molecule has 2 aromatic rings. The molecule has 0 saturated carbocycles. The van der Waals surface area contributed by atoms with Crippen LogP contribution >= 0.6 is 0 Å². The molecule has 0 unspecified atom stereocenters. The minimum atomic E-state index is -0.310. The van der Waals surface area contributed by atoms with Crippen molar-refractivity contribution in [3.63, 3.8) is 0 Å². The number of nitrogens with one attached hydrogen (secondary N) is 1. The van der Waals surface area contributed by atoms with Crippen LogP contribution in [0.25, 0.3) is 5.65 Å². The van der Waals surface area contributed by atoms with E-state index in [1.165, 1.54) is 4.52 Å². The lowest BCUT2D eigenvalue weighted by Crippen LogP contribution is -2.20. The Morgan fingerprint density at radius 1 is 1.57 bits per heavy atom. The number of unbranched alkanes of at least 4 members (excludes halogenated alkanes) is 1. The van der Waals surface area contributed by atoms with Gasteiger partial charge in [-0.15, -0.1) is 0 Å². The fraction of sp³-hybridized carbons (Fsp3) is 0.444. The Morgan fingerprint density at radius 2 is 2.43 bits per heavy atom. The van der Waals surface area contributed by atoms with Crippen LogP contribution in [0.4, 0.5) is 0 Å². The third-order valence-corrected chi connectivity index (χ3v) is 2.09. The van der Waals surface area contributed by atoms with Crippen molar-refractivity contribution in [1.29, 1.82) is 0 Å². The van der Waals surface area contributed by atoms with E-state index < -0.39 is 0 Å². The molecule has 0 amide bonds. The standard InChI is InChI=1S/C9H12N4O/c1-2-3-4-7-11-8-5-6-10-13(8)9(14)12-7/h5-6H,2-4H2,1H3,(H,11,12,14). The molecule has 2 heterocycles. The van der Waals surface area contributed by atoms with E-state index in [-0.39, 0.29) is 5.69 Å². The van der Waals surface area contributed by atoms with Crippen molar-refractivity contribution >= 4 is 5.65 Å². The van der Waals surface area contributed by atoms with Crippen LogP contribution < -0.4 is 5.69 Å². The van der Waals surface area contributed by atoms with Crippen LogP contribution in [-0.4, -0.2) is 19.6 Å². The molecule has 2 rings (SSSR count). The smallest absolute Gasteiger partial charge is 0.328 e. The van der Waals surface area contributed by atoms with Crippen molar-refractivity contribution < 1.29 is 0 Å². The number of hydrogen-bond donors (Lipinski definition) is 1. The Labute approximate surface area is 80.8 Å². The van der Waals surface area contributed by atoms with Gasteiger partial charge in [0.25, 0.3) is 0 Å². The number of aromatic nitrogens is 4. The zero-order valence-electron chi connectivity index (χ0n) is 8.03. The van der Waals surface area contributed by atoms with Crippen LogP contribution in [0.2, 0.25) is 0 Å². The van der Waals surface area contributed by atoms with Crippen LogP contribution in [0, 0.1) is 0 Å². The molecule has 5 heteroatoms. The van der Waals surface area contributed by atoms with Gasteiger partial charge in [0.05, 0.1) is 6.20 Å². The molecule has 0 radical (unpaired) electrons. The fourth-order valence-electron chi connectivity index (χ4n) is 1.35. The van der Waals surface area contributed by atoms with Gasteiger partial charge in [-0.05, 0) is 6.42 Å². The monoisotopic (exact) mass is 192 g/mol. The van der Waals surface area contributed by atoms with E-state index in [2.05, 4.69) is 22.0 Å². The molecule has 0 spiro atoms. The summed E-state index contributed by atoms with van der Waals surface area (Å²) in [6, 6.07) is 1.76. The number of aryl methyl sites for hydroxylation is 1. The third-order valence-electron chi connectivity index (χ3n) is 2.09. The molecular formula is C9H12N4O. The molecule has 0 aromatic carbocycles. The Kier molecular flexibility index (Phi) is 2.30. The first-order valence-corrected chi connectivity index (χ1v) is 4.74. The maximum atomic E-state index is 11.4. The van der Waals surface area contributed by atoms with Gasteiger partial charge in [-0.1, -0.05) is 13.3 Å². The van der Waals surface area contributed by atoms with Crippen LogP contribution in [0.3, 0.4) is 0 Å². The van der Waals surface area contributed by atoms with Crippen molar-refractivity contribution in [2.75, 3.05) is 0 Å². The van der Waals surface area contributed by atoms with Gasteiger partial charge in [0, 0.05) is 12.5 Å². The SMILES string of the molecule is CCCCc1nc(=O)n2nccc2[nH]1. The molecule has 0 bridgehead atoms. The van der Waals surface area contributed by atoms with Crippen LogP contribution in [0.5, 0.6) is 0 Å². The van der Waals surface area contributed by atoms with Crippen LogP contribution in [0.1, 0.15) is 25.6 Å². The third kappa shape index (κ3) is 1.53. The number of H-pyrrole nitrogens is 1. The highest BCUT2D eigenvalue weighted by Crippen LogP contribution is 1.99. The summed E-state index contributed by atoms with van der Waals surface area (Å²) in [6.45, 7) is 2.11. The van der Waals surface area contributed by atoms with E-state index in [1.54, 1.807) is 12.3 Å². The highest BCUT2D eigenvalue weighted by molar-refractivity contribution is 5.34. The molecular weight excluding hydrogens is 180 g/mol. The Hall–Kier alpha value is -1.65. The van der Waals surface area contributed by atoms with Crippen molar-refractivity contribution in [2.24, 2.45) is 0 Å². The van der Waals surface area contributed by atoms with Crippen molar-refractivity contribution in [2.45, 2.75) is 26.2 Å². The molecule has 0 aliphatic rings.